The first-order valence-electron chi connectivity index (χ1n) is 10.7. The highest BCUT2D eigenvalue weighted by Gasteiger charge is 2.18. The Kier molecular flexibility index (Phi) is 6.04. The number of aromatic nitrogens is 5. The Morgan fingerprint density at radius 1 is 0.818 bits per heavy atom. The van der Waals surface area contributed by atoms with Crippen molar-refractivity contribution in [2.24, 2.45) is 0 Å². The molecule has 0 unspecified atom stereocenters. The van der Waals surface area contributed by atoms with Crippen LogP contribution in [0.3, 0.4) is 0 Å². The number of aryl methyl sites for hydroxylation is 2. The molecule has 0 amide bonds. The molecule has 0 radical (unpaired) electrons. The smallest absolute Gasteiger partial charge is 0.247 e. The van der Waals surface area contributed by atoms with Gasteiger partial charge in [-0.15, -0.1) is 20.4 Å². The minimum absolute atomic E-state index is 0.508. The van der Waals surface area contributed by atoms with Crippen molar-refractivity contribution in [3.05, 3.63) is 107 Å². The monoisotopic (exact) mass is 453 g/mol. The summed E-state index contributed by atoms with van der Waals surface area (Å²) in [5, 5.41) is 18.3. The number of hydrogen-bond donors (Lipinski definition) is 0. The predicted molar refractivity (Wildman–Crippen MR) is 129 cm³/mol. The van der Waals surface area contributed by atoms with Crippen LogP contribution in [0.5, 0.6) is 0 Å². The summed E-state index contributed by atoms with van der Waals surface area (Å²) in [6.07, 6.45) is 0.695. The number of nitrogens with zero attached hydrogens (tertiary/aromatic N) is 5. The fraction of sp³-hybridized carbons (Fsp3) is 0.154. The van der Waals surface area contributed by atoms with Gasteiger partial charge in [-0.1, -0.05) is 78.0 Å². The molecule has 2 heterocycles. The summed E-state index contributed by atoms with van der Waals surface area (Å²) in [4.78, 5) is 0. The van der Waals surface area contributed by atoms with Gasteiger partial charge in [0.2, 0.25) is 11.8 Å². The summed E-state index contributed by atoms with van der Waals surface area (Å²) >= 11 is 1.54. The number of benzene rings is 3. The lowest BCUT2D eigenvalue weighted by Crippen LogP contribution is -2.06. The van der Waals surface area contributed by atoms with Crippen LogP contribution in [0.4, 0.5) is 0 Å². The Hall–Kier alpha value is -3.71. The van der Waals surface area contributed by atoms with Crippen molar-refractivity contribution < 1.29 is 4.42 Å². The van der Waals surface area contributed by atoms with Crippen molar-refractivity contribution >= 4 is 11.8 Å². The zero-order chi connectivity index (χ0) is 22.6. The highest BCUT2D eigenvalue weighted by molar-refractivity contribution is 7.98. The number of hydrogen-bond acceptors (Lipinski definition) is 6. The van der Waals surface area contributed by atoms with E-state index in [0.29, 0.717) is 24.0 Å². The summed E-state index contributed by atoms with van der Waals surface area (Å²) < 4.78 is 8.02. The maximum absolute atomic E-state index is 5.88. The Bertz CT molecular complexity index is 1360. The minimum atomic E-state index is 0.508. The molecule has 0 bridgehead atoms. The molecule has 6 nitrogen and oxygen atoms in total. The highest BCUT2D eigenvalue weighted by atomic mass is 32.2. The van der Waals surface area contributed by atoms with Crippen LogP contribution in [-0.2, 0) is 12.2 Å². The molecule has 0 aliphatic rings. The standard InChI is InChI=1S/C26H23N5OS/c1-18-13-14-22(19(2)15-18)31-23(16-20-9-5-3-6-10-20)27-30-26(31)33-17-24-28-29-25(32-24)21-11-7-4-8-12-21/h3-15H,16-17H2,1-2H3. The normalized spacial score (nSPS) is 11.1. The molecule has 0 aliphatic heterocycles. The van der Waals surface area contributed by atoms with Gasteiger partial charge in [0, 0.05) is 12.0 Å². The van der Waals surface area contributed by atoms with Crippen LogP contribution in [0.25, 0.3) is 17.1 Å². The maximum Gasteiger partial charge on any atom is 0.247 e. The van der Waals surface area contributed by atoms with Gasteiger partial charge in [-0.2, -0.15) is 0 Å². The summed E-state index contributed by atoms with van der Waals surface area (Å²) in [7, 11) is 0. The molecule has 0 spiro atoms. The molecular weight excluding hydrogens is 430 g/mol. The second-order valence-electron chi connectivity index (χ2n) is 7.84. The van der Waals surface area contributed by atoms with E-state index in [1.807, 2.05) is 48.5 Å². The van der Waals surface area contributed by atoms with Crippen LogP contribution in [0.15, 0.2) is 88.4 Å². The average Bonchev–Trinajstić information content (AvgIpc) is 3.46. The molecule has 164 valence electrons. The molecular formula is C26H23N5OS. The van der Waals surface area contributed by atoms with Gasteiger partial charge in [-0.05, 0) is 43.2 Å². The Labute approximate surface area is 196 Å². The van der Waals surface area contributed by atoms with E-state index in [1.165, 1.54) is 16.7 Å². The van der Waals surface area contributed by atoms with Gasteiger partial charge in [0.15, 0.2) is 5.16 Å². The van der Waals surface area contributed by atoms with Gasteiger partial charge in [0.25, 0.3) is 0 Å². The maximum atomic E-state index is 5.88. The lowest BCUT2D eigenvalue weighted by atomic mass is 10.1. The van der Waals surface area contributed by atoms with E-state index in [9.17, 15) is 0 Å². The molecule has 0 fully saturated rings. The summed E-state index contributed by atoms with van der Waals surface area (Å²) in [6.45, 7) is 4.22. The molecule has 5 rings (SSSR count). The van der Waals surface area contributed by atoms with Crippen molar-refractivity contribution in [2.45, 2.75) is 31.2 Å². The quantitative estimate of drug-likeness (QED) is 0.289. The molecule has 2 aromatic heterocycles. The van der Waals surface area contributed by atoms with Crippen molar-refractivity contribution in [3.63, 3.8) is 0 Å². The Morgan fingerprint density at radius 3 is 2.33 bits per heavy atom. The summed E-state index contributed by atoms with van der Waals surface area (Å²) in [5.74, 6) is 2.48. The fourth-order valence-corrected chi connectivity index (χ4v) is 4.52. The van der Waals surface area contributed by atoms with Gasteiger partial charge in [-0.25, -0.2) is 0 Å². The molecule has 0 N–H and O–H groups in total. The largest absolute Gasteiger partial charge is 0.420 e. The second-order valence-corrected chi connectivity index (χ2v) is 8.78. The highest BCUT2D eigenvalue weighted by Crippen LogP contribution is 2.29. The number of thioether (sulfide) groups is 1. The van der Waals surface area contributed by atoms with Crippen LogP contribution in [0, 0.1) is 13.8 Å². The first-order chi connectivity index (χ1) is 16.2. The van der Waals surface area contributed by atoms with Crippen molar-refractivity contribution in [2.75, 3.05) is 0 Å². The van der Waals surface area contributed by atoms with Crippen LogP contribution in [-0.4, -0.2) is 25.0 Å². The average molecular weight is 454 g/mol. The first kappa shape index (κ1) is 21.2. The second kappa shape index (κ2) is 9.42. The SMILES string of the molecule is Cc1ccc(-n2c(Cc3ccccc3)nnc2SCc2nnc(-c3ccccc3)o2)c(C)c1. The fourth-order valence-electron chi connectivity index (χ4n) is 3.72. The molecule has 0 saturated carbocycles. The number of rotatable bonds is 7. The minimum Gasteiger partial charge on any atom is -0.420 e. The van der Waals surface area contributed by atoms with Crippen LogP contribution in [0.2, 0.25) is 0 Å². The topological polar surface area (TPSA) is 69.6 Å². The molecule has 7 heteroatoms. The third kappa shape index (κ3) is 4.73. The molecule has 0 aliphatic carbocycles. The van der Waals surface area contributed by atoms with E-state index in [1.54, 1.807) is 11.8 Å². The third-order valence-electron chi connectivity index (χ3n) is 5.31. The van der Waals surface area contributed by atoms with Crippen molar-refractivity contribution in [1.29, 1.82) is 0 Å². The van der Waals surface area contributed by atoms with Gasteiger partial charge < -0.3 is 4.42 Å². The van der Waals surface area contributed by atoms with Crippen molar-refractivity contribution in [3.8, 4) is 17.1 Å². The van der Waals surface area contributed by atoms with E-state index < -0.39 is 0 Å². The van der Waals surface area contributed by atoms with Gasteiger partial charge in [0.05, 0.1) is 11.4 Å². The molecule has 33 heavy (non-hydrogen) atoms. The summed E-state index contributed by atoms with van der Waals surface area (Å²) in [5.41, 5.74) is 5.58. The molecule has 0 saturated heterocycles. The van der Waals surface area contributed by atoms with Crippen LogP contribution < -0.4 is 0 Å². The predicted octanol–water partition coefficient (Wildman–Crippen LogP) is 5.82. The van der Waals surface area contributed by atoms with Crippen molar-refractivity contribution in [1.82, 2.24) is 25.0 Å². The Morgan fingerprint density at radius 2 is 1.58 bits per heavy atom. The molecule has 0 atom stereocenters. The van der Waals surface area contributed by atoms with Crippen LogP contribution in [0.1, 0.15) is 28.4 Å². The molecule has 5 aromatic rings. The van der Waals surface area contributed by atoms with Crippen LogP contribution >= 0.6 is 11.8 Å². The van der Waals surface area contributed by atoms with E-state index in [0.717, 1.165) is 22.2 Å². The zero-order valence-corrected chi connectivity index (χ0v) is 19.3. The lowest BCUT2D eigenvalue weighted by Gasteiger charge is -2.13. The van der Waals surface area contributed by atoms with Gasteiger partial charge in [-0.3, -0.25) is 4.57 Å². The van der Waals surface area contributed by atoms with E-state index in [2.05, 4.69) is 69.1 Å². The third-order valence-corrected chi connectivity index (χ3v) is 6.22. The first-order valence-corrected chi connectivity index (χ1v) is 11.7. The molecule has 3 aromatic carbocycles. The Balaban J connectivity index is 1.44. The zero-order valence-electron chi connectivity index (χ0n) is 18.5. The van der Waals surface area contributed by atoms with Gasteiger partial charge >= 0.3 is 0 Å². The summed E-state index contributed by atoms with van der Waals surface area (Å²) in [6, 6.07) is 26.5. The van der Waals surface area contributed by atoms with E-state index >= 15 is 0 Å². The lowest BCUT2D eigenvalue weighted by molar-refractivity contribution is 0.528. The van der Waals surface area contributed by atoms with E-state index in [4.69, 9.17) is 4.42 Å². The van der Waals surface area contributed by atoms with Gasteiger partial charge in [0.1, 0.15) is 5.82 Å². The van der Waals surface area contributed by atoms with E-state index in [-0.39, 0.29) is 0 Å².